The van der Waals surface area contributed by atoms with Crippen LogP contribution in [-0.4, -0.2) is 18.3 Å². The molecule has 2 N–H and O–H groups in total. The van der Waals surface area contributed by atoms with Crippen molar-refractivity contribution in [2.45, 2.75) is 13.8 Å². The monoisotopic (exact) mass is 219 g/mol. The van der Waals surface area contributed by atoms with E-state index in [1.165, 1.54) is 0 Å². The molecule has 0 fully saturated rings. The van der Waals surface area contributed by atoms with E-state index >= 15 is 0 Å². The summed E-state index contributed by atoms with van der Waals surface area (Å²) in [6.07, 6.45) is 1.72. The molecule has 16 heavy (non-hydrogen) atoms. The lowest BCUT2D eigenvalue weighted by atomic mass is 9.95. The molecule has 2 rings (SSSR count). The van der Waals surface area contributed by atoms with Gasteiger partial charge in [0.1, 0.15) is 11.8 Å². The quantitative estimate of drug-likeness (QED) is 0.831. The molecule has 0 aliphatic carbocycles. The molecule has 0 saturated heterocycles. The van der Waals surface area contributed by atoms with Crippen molar-refractivity contribution in [3.63, 3.8) is 0 Å². The topological polar surface area (TPSA) is 45.4 Å². The second-order valence-corrected chi connectivity index (χ2v) is 4.82. The van der Waals surface area contributed by atoms with Gasteiger partial charge in [-0.25, -0.2) is 0 Å². The van der Waals surface area contributed by atoms with E-state index in [-0.39, 0.29) is 12.0 Å². The van der Waals surface area contributed by atoms with Gasteiger partial charge in [-0.2, -0.15) is 0 Å². The standard InChI is InChI=1S/C13H17NO2/c1-13(2,9-15)8-14-11-7-16-12-6-4-3-5-10(11)12/h3-7,14-15H,8-9H2,1-2H3. The Kier molecular flexibility index (Phi) is 2.88. The van der Waals surface area contributed by atoms with Gasteiger partial charge in [0.2, 0.25) is 0 Å². The minimum absolute atomic E-state index is 0.127. The van der Waals surface area contributed by atoms with E-state index in [1.807, 2.05) is 38.1 Å². The molecule has 3 nitrogen and oxygen atoms in total. The summed E-state index contributed by atoms with van der Waals surface area (Å²) in [6.45, 7) is 4.91. The Balaban J connectivity index is 2.16. The highest BCUT2D eigenvalue weighted by Gasteiger charge is 2.16. The molecule has 1 heterocycles. The van der Waals surface area contributed by atoms with Crippen molar-refractivity contribution < 1.29 is 9.52 Å². The number of para-hydroxylation sites is 1. The number of hydrogen-bond donors (Lipinski definition) is 2. The number of aliphatic hydroxyl groups is 1. The molecule has 0 aliphatic heterocycles. The molecule has 86 valence electrons. The van der Waals surface area contributed by atoms with E-state index in [1.54, 1.807) is 6.26 Å². The zero-order valence-electron chi connectivity index (χ0n) is 9.66. The molecular formula is C13H17NO2. The van der Waals surface area contributed by atoms with Crippen LogP contribution in [0.2, 0.25) is 0 Å². The minimum Gasteiger partial charge on any atom is -0.462 e. The average Bonchev–Trinajstić information content (AvgIpc) is 2.70. The number of nitrogens with one attached hydrogen (secondary N) is 1. The molecule has 0 spiro atoms. The molecule has 0 aliphatic rings. The Morgan fingerprint density at radius 2 is 2.06 bits per heavy atom. The second kappa shape index (κ2) is 4.18. The molecule has 3 heteroatoms. The molecular weight excluding hydrogens is 202 g/mol. The molecule has 0 radical (unpaired) electrons. The lowest BCUT2D eigenvalue weighted by Crippen LogP contribution is -2.26. The Morgan fingerprint density at radius 3 is 2.81 bits per heavy atom. The molecule has 1 aromatic carbocycles. The number of aliphatic hydroxyl groups excluding tert-OH is 1. The van der Waals surface area contributed by atoms with E-state index in [9.17, 15) is 5.11 Å². The minimum atomic E-state index is -0.127. The third-order valence-electron chi connectivity index (χ3n) is 2.67. The number of furan rings is 1. The first kappa shape index (κ1) is 11.0. The maximum atomic E-state index is 9.17. The fraction of sp³-hybridized carbons (Fsp3) is 0.385. The number of fused-ring (bicyclic) bond motifs is 1. The van der Waals surface area contributed by atoms with E-state index in [2.05, 4.69) is 5.32 Å². The van der Waals surface area contributed by atoms with Crippen molar-refractivity contribution in [1.29, 1.82) is 0 Å². The van der Waals surface area contributed by atoms with Gasteiger partial charge in [-0.3, -0.25) is 0 Å². The third-order valence-corrected chi connectivity index (χ3v) is 2.67. The number of anilines is 1. The van der Waals surface area contributed by atoms with E-state index in [0.29, 0.717) is 6.54 Å². The molecule has 0 bridgehead atoms. The Hall–Kier alpha value is -1.48. The van der Waals surface area contributed by atoms with Crippen LogP contribution >= 0.6 is 0 Å². The molecule has 0 amide bonds. The van der Waals surface area contributed by atoms with Crippen molar-refractivity contribution >= 4 is 16.7 Å². The van der Waals surface area contributed by atoms with Crippen LogP contribution in [0, 0.1) is 5.41 Å². The van der Waals surface area contributed by atoms with Crippen LogP contribution in [0.25, 0.3) is 11.0 Å². The number of benzene rings is 1. The summed E-state index contributed by atoms with van der Waals surface area (Å²) >= 11 is 0. The first-order chi connectivity index (χ1) is 7.62. The number of hydrogen-bond acceptors (Lipinski definition) is 3. The molecule has 1 aromatic heterocycles. The van der Waals surface area contributed by atoms with Gasteiger partial charge in [0.25, 0.3) is 0 Å². The van der Waals surface area contributed by atoms with E-state index in [0.717, 1.165) is 16.7 Å². The second-order valence-electron chi connectivity index (χ2n) is 4.82. The van der Waals surface area contributed by atoms with Crippen LogP contribution < -0.4 is 5.32 Å². The van der Waals surface area contributed by atoms with Crippen LogP contribution in [0.1, 0.15) is 13.8 Å². The highest BCUT2D eigenvalue weighted by molar-refractivity contribution is 5.90. The Bertz CT molecular complexity index is 473. The fourth-order valence-electron chi connectivity index (χ4n) is 1.51. The van der Waals surface area contributed by atoms with Gasteiger partial charge in [0.05, 0.1) is 5.69 Å². The zero-order chi connectivity index (χ0) is 11.6. The maximum Gasteiger partial charge on any atom is 0.136 e. The van der Waals surface area contributed by atoms with Gasteiger partial charge in [-0.1, -0.05) is 26.0 Å². The first-order valence-corrected chi connectivity index (χ1v) is 5.43. The van der Waals surface area contributed by atoms with Gasteiger partial charge in [-0.05, 0) is 12.1 Å². The van der Waals surface area contributed by atoms with Crippen molar-refractivity contribution in [3.05, 3.63) is 30.5 Å². The van der Waals surface area contributed by atoms with Gasteiger partial charge in [0.15, 0.2) is 0 Å². The van der Waals surface area contributed by atoms with E-state index < -0.39 is 0 Å². The van der Waals surface area contributed by atoms with Gasteiger partial charge < -0.3 is 14.8 Å². The molecule has 0 saturated carbocycles. The van der Waals surface area contributed by atoms with Crippen LogP contribution in [0.4, 0.5) is 5.69 Å². The Morgan fingerprint density at radius 1 is 1.31 bits per heavy atom. The van der Waals surface area contributed by atoms with Crippen molar-refractivity contribution in [3.8, 4) is 0 Å². The summed E-state index contributed by atoms with van der Waals surface area (Å²) in [6, 6.07) is 7.90. The maximum absolute atomic E-state index is 9.17. The largest absolute Gasteiger partial charge is 0.462 e. The van der Waals surface area contributed by atoms with Gasteiger partial charge in [-0.15, -0.1) is 0 Å². The van der Waals surface area contributed by atoms with E-state index in [4.69, 9.17) is 4.42 Å². The fourth-order valence-corrected chi connectivity index (χ4v) is 1.51. The SMILES string of the molecule is CC(C)(CO)CNc1coc2ccccc12. The highest BCUT2D eigenvalue weighted by atomic mass is 16.3. The number of rotatable bonds is 4. The van der Waals surface area contributed by atoms with Gasteiger partial charge >= 0.3 is 0 Å². The summed E-state index contributed by atoms with van der Waals surface area (Å²) in [5, 5.41) is 13.6. The predicted octanol–water partition coefficient (Wildman–Crippen LogP) is 2.86. The molecule has 0 atom stereocenters. The summed E-state index contributed by atoms with van der Waals surface area (Å²) in [5.41, 5.74) is 1.74. The lowest BCUT2D eigenvalue weighted by Gasteiger charge is -2.21. The predicted molar refractivity (Wildman–Crippen MR) is 65.6 cm³/mol. The highest BCUT2D eigenvalue weighted by Crippen LogP contribution is 2.26. The smallest absolute Gasteiger partial charge is 0.136 e. The van der Waals surface area contributed by atoms with Crippen LogP contribution in [0.3, 0.4) is 0 Å². The normalized spacial score (nSPS) is 11.9. The van der Waals surface area contributed by atoms with Crippen molar-refractivity contribution in [1.82, 2.24) is 0 Å². The van der Waals surface area contributed by atoms with Crippen molar-refractivity contribution in [2.75, 3.05) is 18.5 Å². The summed E-state index contributed by atoms with van der Waals surface area (Å²) < 4.78 is 5.42. The third kappa shape index (κ3) is 2.19. The van der Waals surface area contributed by atoms with Crippen LogP contribution in [0.5, 0.6) is 0 Å². The van der Waals surface area contributed by atoms with Crippen LogP contribution in [-0.2, 0) is 0 Å². The molecule has 0 unspecified atom stereocenters. The van der Waals surface area contributed by atoms with Gasteiger partial charge in [0, 0.05) is 24.0 Å². The summed E-state index contributed by atoms with van der Waals surface area (Å²) in [4.78, 5) is 0. The lowest BCUT2D eigenvalue weighted by molar-refractivity contribution is 0.171. The summed E-state index contributed by atoms with van der Waals surface area (Å²) in [5.74, 6) is 0. The van der Waals surface area contributed by atoms with Crippen molar-refractivity contribution in [2.24, 2.45) is 5.41 Å². The van der Waals surface area contributed by atoms with Crippen LogP contribution in [0.15, 0.2) is 34.9 Å². The zero-order valence-corrected chi connectivity index (χ0v) is 9.66. The first-order valence-electron chi connectivity index (χ1n) is 5.43. The Labute approximate surface area is 95.1 Å². The average molecular weight is 219 g/mol. The summed E-state index contributed by atoms with van der Waals surface area (Å²) in [7, 11) is 0. The molecule has 2 aromatic rings.